The zero-order valence-electron chi connectivity index (χ0n) is 20.9. The van der Waals surface area contributed by atoms with Gasteiger partial charge in [0, 0.05) is 24.4 Å². The number of terminal acetylenes is 1. The zero-order chi connectivity index (χ0) is 27.8. The smallest absolute Gasteiger partial charge is 0.416 e. The van der Waals surface area contributed by atoms with Crippen LogP contribution in [-0.4, -0.2) is 39.0 Å². The van der Waals surface area contributed by atoms with Gasteiger partial charge in [0.05, 0.1) is 22.8 Å². The van der Waals surface area contributed by atoms with Crippen molar-refractivity contribution in [2.24, 2.45) is 0 Å². The van der Waals surface area contributed by atoms with Crippen molar-refractivity contribution in [2.75, 3.05) is 13.1 Å². The molecule has 0 aliphatic carbocycles. The van der Waals surface area contributed by atoms with Crippen LogP contribution >= 0.6 is 11.6 Å². The van der Waals surface area contributed by atoms with Gasteiger partial charge in [0.25, 0.3) is 0 Å². The molecule has 2 rings (SSSR count). The Morgan fingerprint density at radius 2 is 1.89 bits per heavy atom. The number of carbonyl (C=O) groups excluding carboxylic acids is 1. The van der Waals surface area contributed by atoms with Gasteiger partial charge >= 0.3 is 17.8 Å². The molecule has 0 saturated carbocycles. The van der Waals surface area contributed by atoms with Gasteiger partial charge in [-0.25, -0.2) is 14.0 Å². The second kappa shape index (κ2) is 12.7. The summed E-state index contributed by atoms with van der Waals surface area (Å²) in [7, 11) is 0. The van der Waals surface area contributed by atoms with E-state index >= 15 is 0 Å². The number of nitrogens with zero attached hydrogens (tertiary/aromatic N) is 3. The number of nitrogens with one attached hydrogen (secondary N) is 2. The predicted octanol–water partition coefficient (Wildman–Crippen LogP) is 4.04. The third-order valence-corrected chi connectivity index (χ3v) is 5.09. The van der Waals surface area contributed by atoms with Crippen molar-refractivity contribution >= 4 is 23.1 Å². The van der Waals surface area contributed by atoms with Gasteiger partial charge in [0.15, 0.2) is 5.82 Å². The van der Waals surface area contributed by atoms with Crippen LogP contribution < -0.4 is 16.3 Å². The summed E-state index contributed by atoms with van der Waals surface area (Å²) < 4.78 is 46.7. The summed E-state index contributed by atoms with van der Waals surface area (Å²) in [5, 5.41) is 9.99. The van der Waals surface area contributed by atoms with Crippen molar-refractivity contribution in [2.45, 2.75) is 52.4 Å². The molecule has 0 bridgehead atoms. The van der Waals surface area contributed by atoms with E-state index in [1.807, 2.05) is 0 Å². The molecule has 1 aromatic carbocycles. The molecule has 0 aliphatic rings. The molecule has 2 aromatic rings. The molecule has 0 saturated heterocycles. The summed E-state index contributed by atoms with van der Waals surface area (Å²) in [5.41, 5.74) is -1.50. The normalized spacial score (nSPS) is 12.8. The predicted molar refractivity (Wildman–Crippen MR) is 136 cm³/mol. The SMILES string of the molecule is C#CN/C=C(Cl)\C(=C/C)c1nn(CCCNCC(=O)OC(C)(C)C)c(=O)n1-c1ccc(C(F)(F)F)cc1. The molecule has 0 radical (unpaired) electrons. The van der Waals surface area contributed by atoms with E-state index in [0.29, 0.717) is 18.5 Å². The van der Waals surface area contributed by atoms with E-state index in [9.17, 15) is 22.8 Å². The molecule has 8 nitrogen and oxygen atoms in total. The Morgan fingerprint density at radius 1 is 1.24 bits per heavy atom. The van der Waals surface area contributed by atoms with E-state index in [1.165, 1.54) is 27.6 Å². The number of hydrogen-bond donors (Lipinski definition) is 2. The number of ether oxygens (including phenoxy) is 1. The van der Waals surface area contributed by atoms with Crippen molar-refractivity contribution in [3.63, 3.8) is 0 Å². The lowest BCUT2D eigenvalue weighted by Gasteiger charge is -2.19. The summed E-state index contributed by atoms with van der Waals surface area (Å²) in [5.74, 6) is -0.285. The lowest BCUT2D eigenvalue weighted by molar-refractivity contribution is -0.153. The highest BCUT2D eigenvalue weighted by molar-refractivity contribution is 6.36. The van der Waals surface area contributed by atoms with Crippen LogP contribution in [-0.2, 0) is 22.3 Å². The fraction of sp³-hybridized carbons (Fsp3) is 0.400. The topological polar surface area (TPSA) is 90.2 Å². The number of carbonyl (C=O) groups is 1. The summed E-state index contributed by atoms with van der Waals surface area (Å²) in [6.45, 7) is 7.53. The minimum atomic E-state index is -4.52. The second-order valence-corrected chi connectivity index (χ2v) is 9.22. The van der Waals surface area contributed by atoms with Gasteiger partial charge in [-0.1, -0.05) is 24.1 Å². The van der Waals surface area contributed by atoms with Crippen molar-refractivity contribution in [1.29, 1.82) is 0 Å². The lowest BCUT2D eigenvalue weighted by Crippen LogP contribution is -2.32. The Balaban J connectivity index is 2.33. The maximum atomic E-state index is 13.3. The van der Waals surface area contributed by atoms with Crippen LogP contribution in [0.25, 0.3) is 11.3 Å². The van der Waals surface area contributed by atoms with Crippen molar-refractivity contribution in [3.8, 4) is 18.2 Å². The Labute approximate surface area is 218 Å². The Morgan fingerprint density at radius 3 is 2.43 bits per heavy atom. The van der Waals surface area contributed by atoms with Crippen LogP contribution in [0.4, 0.5) is 13.2 Å². The summed E-state index contributed by atoms with van der Waals surface area (Å²) >= 11 is 6.35. The minimum absolute atomic E-state index is 0.00269. The van der Waals surface area contributed by atoms with E-state index in [1.54, 1.807) is 33.8 Å². The summed E-state index contributed by atoms with van der Waals surface area (Å²) in [6.07, 6.45) is 4.04. The Hall–Kier alpha value is -3.49. The number of alkyl halides is 3. The average molecular weight is 540 g/mol. The quantitative estimate of drug-likeness (QED) is 0.156. The van der Waals surface area contributed by atoms with E-state index in [-0.39, 0.29) is 29.6 Å². The molecule has 0 aliphatic heterocycles. The standard InChI is InChI=1S/C25H29ClF3N5O3/c1-6-19(20(26)15-30-7-2)22-32-33(14-8-13-31-16-21(35)37-24(3,4)5)23(36)34(22)18-11-9-17(10-12-18)25(27,28)29/h2,6,9-12,15,30-31H,8,13-14,16H2,1,3-5H3/b19-6+,20-15+. The molecule has 37 heavy (non-hydrogen) atoms. The monoisotopic (exact) mass is 539 g/mol. The van der Waals surface area contributed by atoms with Gasteiger partial charge in [-0.05, 0) is 64.9 Å². The molecule has 0 unspecified atom stereocenters. The molecule has 1 heterocycles. The largest absolute Gasteiger partial charge is 0.459 e. The Kier molecular flexibility index (Phi) is 10.2. The maximum absolute atomic E-state index is 13.3. The number of aryl methyl sites for hydroxylation is 1. The number of aromatic nitrogens is 3. The van der Waals surface area contributed by atoms with Crippen LogP contribution in [0.1, 0.15) is 45.5 Å². The first-order valence-corrected chi connectivity index (χ1v) is 11.7. The van der Waals surface area contributed by atoms with Crippen LogP contribution in [0.2, 0.25) is 0 Å². The van der Waals surface area contributed by atoms with Gasteiger partial charge < -0.3 is 15.4 Å². The molecule has 12 heteroatoms. The third kappa shape index (κ3) is 8.55. The van der Waals surface area contributed by atoms with Crippen LogP contribution in [0.15, 0.2) is 46.4 Å². The lowest BCUT2D eigenvalue weighted by atomic mass is 10.2. The van der Waals surface area contributed by atoms with Gasteiger partial charge in [0.2, 0.25) is 0 Å². The number of hydrogen-bond acceptors (Lipinski definition) is 6. The number of rotatable bonds is 10. The Bertz CT molecular complexity index is 1250. The first-order valence-electron chi connectivity index (χ1n) is 11.3. The fourth-order valence-electron chi connectivity index (χ4n) is 3.24. The van der Waals surface area contributed by atoms with Gasteiger partial charge in [-0.3, -0.25) is 4.79 Å². The minimum Gasteiger partial charge on any atom is -0.459 e. The van der Waals surface area contributed by atoms with Crippen LogP contribution in [0.3, 0.4) is 0 Å². The number of halogens is 4. The molecule has 0 spiro atoms. The second-order valence-electron chi connectivity index (χ2n) is 8.81. The van der Waals surface area contributed by atoms with Crippen LogP contribution in [0, 0.1) is 12.5 Å². The van der Waals surface area contributed by atoms with E-state index in [4.69, 9.17) is 22.8 Å². The van der Waals surface area contributed by atoms with Crippen molar-refractivity contribution in [3.05, 3.63) is 63.4 Å². The fourth-order valence-corrected chi connectivity index (χ4v) is 3.49. The van der Waals surface area contributed by atoms with Crippen molar-refractivity contribution in [1.82, 2.24) is 25.0 Å². The molecular weight excluding hydrogens is 511 g/mol. The van der Waals surface area contributed by atoms with Gasteiger partial charge in [0.1, 0.15) is 5.60 Å². The highest BCUT2D eigenvalue weighted by Crippen LogP contribution is 2.30. The number of esters is 1. The molecule has 200 valence electrons. The first kappa shape index (κ1) is 29.7. The van der Waals surface area contributed by atoms with Gasteiger partial charge in [-0.15, -0.1) is 5.10 Å². The molecule has 0 amide bonds. The molecule has 0 fully saturated rings. The third-order valence-electron chi connectivity index (χ3n) is 4.77. The van der Waals surface area contributed by atoms with Crippen LogP contribution in [0.5, 0.6) is 0 Å². The average Bonchev–Trinajstić information content (AvgIpc) is 3.12. The molecule has 1 aromatic heterocycles. The van der Waals surface area contributed by atoms with E-state index < -0.39 is 29.0 Å². The zero-order valence-corrected chi connectivity index (χ0v) is 21.7. The highest BCUT2D eigenvalue weighted by Gasteiger charge is 2.30. The molecule has 0 atom stereocenters. The maximum Gasteiger partial charge on any atom is 0.416 e. The molecule has 2 N–H and O–H groups in total. The summed E-state index contributed by atoms with van der Waals surface area (Å²) in [4.78, 5) is 25.1. The van der Waals surface area contributed by atoms with Crippen molar-refractivity contribution < 1.29 is 22.7 Å². The van der Waals surface area contributed by atoms with Gasteiger partial charge in [-0.2, -0.15) is 13.2 Å². The number of benzene rings is 1. The highest BCUT2D eigenvalue weighted by atomic mass is 35.5. The van der Waals surface area contributed by atoms with E-state index in [0.717, 1.165) is 12.1 Å². The summed E-state index contributed by atoms with van der Waals surface area (Å²) in [6, 6.07) is 6.34. The van der Waals surface area contributed by atoms with E-state index in [2.05, 4.69) is 21.8 Å². The number of allylic oxidation sites excluding steroid dienone is 3. The molecular formula is C25H29ClF3N5O3. The first-order chi connectivity index (χ1) is 17.3.